The Morgan fingerprint density at radius 2 is 1.10 bits per heavy atom. The number of nitrogens with one attached hydrogen (secondary N) is 4. The van der Waals surface area contributed by atoms with E-state index in [-0.39, 0.29) is 23.7 Å². The minimum absolute atomic E-state index is 0.200. The van der Waals surface area contributed by atoms with Gasteiger partial charge in [-0.15, -0.1) is 22.7 Å². The Balaban J connectivity index is 1.15. The molecule has 3 aliphatic rings. The van der Waals surface area contributed by atoms with Crippen molar-refractivity contribution >= 4 is 56.4 Å². The van der Waals surface area contributed by atoms with Crippen molar-refractivity contribution in [1.82, 2.24) is 30.6 Å². The predicted octanol–water partition coefficient (Wildman–Crippen LogP) is 5.71. The second-order valence-electron chi connectivity index (χ2n) is 11.2. The second kappa shape index (κ2) is 9.64. The lowest BCUT2D eigenvalue weighted by Crippen LogP contribution is -2.40. The molecule has 6 heterocycles. The van der Waals surface area contributed by atoms with Crippen LogP contribution in [0.5, 0.6) is 0 Å². The Labute approximate surface area is 250 Å². The molecule has 4 aromatic heterocycles. The molecule has 9 rings (SSSR count). The fourth-order valence-electron chi connectivity index (χ4n) is 6.95. The molecule has 2 aromatic carbocycles. The first-order valence-electron chi connectivity index (χ1n) is 14.4. The topological polar surface area (TPSA) is 106 Å². The number of amidine groups is 2. The van der Waals surface area contributed by atoms with Crippen LogP contribution in [0.25, 0.3) is 22.1 Å². The van der Waals surface area contributed by atoms with E-state index in [1.165, 1.54) is 9.75 Å². The number of hydrogen-bond acceptors (Lipinski definition) is 8. The summed E-state index contributed by atoms with van der Waals surface area (Å²) in [6, 6.07) is 21.7. The first-order valence-corrected chi connectivity index (χ1v) is 16.2. The molecule has 2 aliphatic heterocycles. The first kappa shape index (κ1) is 24.3. The number of nitrogens with zero attached hydrogens (tertiary/aromatic N) is 4. The Bertz CT molecular complexity index is 1830. The summed E-state index contributed by atoms with van der Waals surface area (Å²) in [6.07, 6.45) is 0. The third-order valence-corrected chi connectivity index (χ3v) is 10.8. The van der Waals surface area contributed by atoms with E-state index >= 15 is 0 Å². The molecule has 208 valence electrons. The normalized spacial score (nSPS) is 23.5. The Hall–Kier alpha value is -4.28. The van der Waals surface area contributed by atoms with E-state index in [2.05, 4.69) is 102 Å². The average Bonchev–Trinajstić information content (AvgIpc) is 3.82. The van der Waals surface area contributed by atoms with Crippen LogP contribution in [-0.4, -0.2) is 57.8 Å². The highest BCUT2D eigenvalue weighted by Crippen LogP contribution is 2.66. The zero-order valence-electron chi connectivity index (χ0n) is 22.7. The van der Waals surface area contributed by atoms with E-state index in [4.69, 9.17) is 9.97 Å². The van der Waals surface area contributed by atoms with Gasteiger partial charge >= 0.3 is 0 Å². The lowest BCUT2D eigenvalue weighted by atomic mass is 9.55. The van der Waals surface area contributed by atoms with Gasteiger partial charge in [-0.2, -0.15) is 0 Å². The van der Waals surface area contributed by atoms with Crippen molar-refractivity contribution in [3.63, 3.8) is 0 Å². The summed E-state index contributed by atoms with van der Waals surface area (Å²) in [4.78, 5) is 29.9. The largest absolute Gasteiger partial charge is 0.368 e. The highest BCUT2D eigenvalue weighted by molar-refractivity contribution is 7.10. The van der Waals surface area contributed by atoms with Crippen LogP contribution in [0.1, 0.15) is 56.2 Å². The van der Waals surface area contributed by atoms with Gasteiger partial charge < -0.3 is 20.6 Å². The minimum atomic E-state index is 0.200. The summed E-state index contributed by atoms with van der Waals surface area (Å²) in [5.41, 5.74) is 6.29. The smallest absolute Gasteiger partial charge is 0.128 e. The highest BCUT2D eigenvalue weighted by atomic mass is 32.1. The summed E-state index contributed by atoms with van der Waals surface area (Å²) in [7, 11) is 0. The van der Waals surface area contributed by atoms with Crippen LogP contribution in [0.15, 0.2) is 81.4 Å². The number of aliphatic imine (C=N–C) groups is 2. The van der Waals surface area contributed by atoms with Crippen LogP contribution >= 0.6 is 22.7 Å². The molecule has 0 spiro atoms. The molecule has 10 heteroatoms. The minimum Gasteiger partial charge on any atom is -0.368 e. The van der Waals surface area contributed by atoms with Crippen molar-refractivity contribution in [2.45, 2.75) is 23.7 Å². The quantitative estimate of drug-likeness (QED) is 0.200. The van der Waals surface area contributed by atoms with Gasteiger partial charge in [0.15, 0.2) is 0 Å². The summed E-state index contributed by atoms with van der Waals surface area (Å²) >= 11 is 3.65. The number of H-pyrrole nitrogens is 2. The number of aromatic nitrogens is 4. The number of benzene rings is 2. The molecule has 0 atom stereocenters. The number of thiophene rings is 2. The van der Waals surface area contributed by atoms with Crippen molar-refractivity contribution in [1.29, 1.82) is 0 Å². The summed E-state index contributed by atoms with van der Waals surface area (Å²) in [5.74, 6) is 4.91. The Morgan fingerprint density at radius 3 is 1.50 bits per heavy atom. The lowest BCUT2D eigenvalue weighted by molar-refractivity contribution is 0.220. The monoisotopic (exact) mass is 588 g/mol. The fraction of sp³-hybridized carbons (Fsp3) is 0.250. The van der Waals surface area contributed by atoms with Gasteiger partial charge in [-0.05, 0) is 59.3 Å². The van der Waals surface area contributed by atoms with E-state index in [1.807, 2.05) is 22.7 Å². The Morgan fingerprint density at radius 1 is 0.595 bits per heavy atom. The Kier molecular flexibility index (Phi) is 5.58. The van der Waals surface area contributed by atoms with Crippen molar-refractivity contribution in [2.75, 3.05) is 26.2 Å². The molecule has 0 unspecified atom stereocenters. The predicted molar refractivity (Wildman–Crippen MR) is 171 cm³/mol. The van der Waals surface area contributed by atoms with Crippen LogP contribution in [0.4, 0.5) is 0 Å². The zero-order valence-corrected chi connectivity index (χ0v) is 24.3. The van der Waals surface area contributed by atoms with Crippen molar-refractivity contribution < 1.29 is 0 Å². The number of rotatable bonds is 6. The van der Waals surface area contributed by atoms with Gasteiger partial charge in [-0.3, -0.25) is 9.98 Å². The summed E-state index contributed by atoms with van der Waals surface area (Å²) in [6.45, 7) is 3.44. The summed E-state index contributed by atoms with van der Waals surface area (Å²) in [5, 5.41) is 11.2. The maximum absolute atomic E-state index is 5.19. The molecule has 0 saturated heterocycles. The average molecular weight is 589 g/mol. The van der Waals surface area contributed by atoms with Crippen molar-refractivity contribution in [3.8, 4) is 0 Å². The number of fused-ring (bicyclic) bond motifs is 2. The molecule has 0 bridgehead atoms. The molecule has 0 amide bonds. The van der Waals surface area contributed by atoms with Crippen LogP contribution in [0.3, 0.4) is 0 Å². The zero-order chi connectivity index (χ0) is 27.6. The molecule has 1 saturated carbocycles. The number of aromatic amines is 2. The van der Waals surface area contributed by atoms with Crippen LogP contribution in [0.2, 0.25) is 0 Å². The lowest BCUT2D eigenvalue weighted by Gasteiger charge is -2.50. The first-order chi connectivity index (χ1) is 20.8. The van der Waals surface area contributed by atoms with Crippen LogP contribution < -0.4 is 10.6 Å². The molecule has 1 aliphatic carbocycles. The van der Waals surface area contributed by atoms with Crippen molar-refractivity contribution in [3.05, 3.63) is 104 Å². The molecule has 6 aromatic rings. The van der Waals surface area contributed by atoms with Gasteiger partial charge in [0.2, 0.25) is 0 Å². The van der Waals surface area contributed by atoms with Gasteiger partial charge in [0.1, 0.15) is 23.3 Å². The van der Waals surface area contributed by atoms with Gasteiger partial charge in [-0.1, -0.05) is 12.1 Å². The molecule has 8 nitrogen and oxygen atoms in total. The highest BCUT2D eigenvalue weighted by Gasteiger charge is 2.56. The summed E-state index contributed by atoms with van der Waals surface area (Å²) < 4.78 is 0. The third-order valence-electron chi connectivity index (χ3n) is 8.82. The van der Waals surface area contributed by atoms with E-state index in [9.17, 15) is 0 Å². The van der Waals surface area contributed by atoms with Gasteiger partial charge in [-0.25, -0.2) is 9.97 Å². The molecule has 42 heavy (non-hydrogen) atoms. The van der Waals surface area contributed by atoms with Gasteiger partial charge in [0, 0.05) is 57.6 Å². The number of imidazole rings is 2. The molecule has 1 fully saturated rings. The molecular formula is C32H28N8S2. The SMILES string of the molecule is c1csc(C2C(c3nc4ccc(C5=NCCN5)cc4[nH]3)C(c3cccs3)C2c2nc3ccc(C4=NCCN4)cc3[nH]2)c1. The maximum atomic E-state index is 5.19. The van der Waals surface area contributed by atoms with Crippen LogP contribution in [-0.2, 0) is 0 Å². The number of hydrogen-bond donors (Lipinski definition) is 4. The van der Waals surface area contributed by atoms with E-state index in [0.717, 1.165) is 82.7 Å². The molecule has 4 N–H and O–H groups in total. The van der Waals surface area contributed by atoms with Crippen LogP contribution in [0, 0.1) is 0 Å². The molecule has 0 radical (unpaired) electrons. The van der Waals surface area contributed by atoms with Crippen molar-refractivity contribution in [2.24, 2.45) is 9.98 Å². The molecular weight excluding hydrogens is 561 g/mol. The maximum Gasteiger partial charge on any atom is 0.128 e. The fourth-order valence-corrected chi connectivity index (χ4v) is 8.79. The van der Waals surface area contributed by atoms with Gasteiger partial charge in [0.05, 0.1) is 35.2 Å². The van der Waals surface area contributed by atoms with E-state index < -0.39 is 0 Å². The second-order valence-corrected chi connectivity index (χ2v) is 13.1. The third kappa shape index (κ3) is 3.85. The van der Waals surface area contributed by atoms with Gasteiger partial charge in [0.25, 0.3) is 0 Å². The standard InChI is InChI=1S/C32H28N8S2/c1-3-23(41-13-1)25-27(31-37-19-7-5-17(15-21(19)39-31)29-33-9-10-34-29)26(24-4-2-14-42-24)28(25)32-38-20-8-6-18(16-22(20)40-32)30-35-11-12-36-30/h1-8,13-16,25-28H,9-12H2,(H,33,34)(H,35,36)(H,37,39)(H,38,40). The van der Waals surface area contributed by atoms with E-state index in [0.29, 0.717) is 0 Å². The van der Waals surface area contributed by atoms with E-state index in [1.54, 1.807) is 0 Å².